The van der Waals surface area contributed by atoms with Gasteiger partial charge in [-0.1, -0.05) is 49.7 Å². The fourth-order valence-corrected chi connectivity index (χ4v) is 5.32. The van der Waals surface area contributed by atoms with Gasteiger partial charge in [0.1, 0.15) is 17.0 Å². The monoisotopic (exact) mass is 582 g/mol. The first kappa shape index (κ1) is 30.5. The Morgan fingerprint density at radius 1 is 1.12 bits per heavy atom. The molecule has 3 atom stereocenters. The lowest BCUT2D eigenvalue weighted by atomic mass is 9.98. The van der Waals surface area contributed by atoms with Gasteiger partial charge in [0, 0.05) is 63.3 Å². The van der Waals surface area contributed by atoms with Gasteiger partial charge in [0.2, 0.25) is 11.8 Å². The highest BCUT2D eigenvalue weighted by Gasteiger charge is 2.42. The fraction of sp³-hybridized carbons (Fsp3) is 0.433. The van der Waals surface area contributed by atoms with E-state index >= 15 is 0 Å². The molecule has 1 aliphatic rings. The minimum absolute atomic E-state index is 0.106. The smallest absolute Gasteiger partial charge is 0.244 e. The van der Waals surface area contributed by atoms with Crippen LogP contribution in [0, 0.1) is 11.7 Å². The highest BCUT2D eigenvalue weighted by molar-refractivity contribution is 6.29. The number of hydrogen-bond acceptors (Lipinski definition) is 7. The molecule has 4 rings (SSSR count). The van der Waals surface area contributed by atoms with Crippen molar-refractivity contribution in [3.05, 3.63) is 77.1 Å². The first-order chi connectivity index (χ1) is 19.7. The van der Waals surface area contributed by atoms with Gasteiger partial charge in [0.15, 0.2) is 5.82 Å². The van der Waals surface area contributed by atoms with Crippen LogP contribution in [0.2, 0.25) is 5.15 Å². The molecule has 0 bridgehead atoms. The number of carbonyl (C=O) groups is 2. The van der Waals surface area contributed by atoms with Gasteiger partial charge < -0.3 is 15.0 Å². The highest BCUT2D eigenvalue weighted by atomic mass is 35.5. The molecule has 0 aliphatic carbocycles. The number of ether oxygens (including phenoxy) is 1. The Balaban J connectivity index is 1.55. The summed E-state index contributed by atoms with van der Waals surface area (Å²) in [6.45, 7) is 6.84. The molecule has 9 nitrogen and oxygen atoms in total. The van der Waals surface area contributed by atoms with Gasteiger partial charge in [-0.15, -0.1) is 0 Å². The minimum Gasteiger partial charge on any atom is -0.385 e. The van der Waals surface area contributed by atoms with Crippen LogP contribution in [-0.4, -0.2) is 75.5 Å². The largest absolute Gasteiger partial charge is 0.385 e. The Kier molecular flexibility index (Phi) is 10.4. The van der Waals surface area contributed by atoms with Crippen molar-refractivity contribution in [2.75, 3.05) is 26.8 Å². The molecule has 2 amide bonds. The summed E-state index contributed by atoms with van der Waals surface area (Å²) in [5.41, 5.74) is 1.96. The molecule has 1 N–H and O–H groups in total. The number of halogens is 2. The second-order valence-corrected chi connectivity index (χ2v) is 10.9. The van der Waals surface area contributed by atoms with E-state index in [-0.39, 0.29) is 47.7 Å². The number of aromatic nitrogens is 3. The van der Waals surface area contributed by atoms with Crippen LogP contribution in [0.25, 0.3) is 11.4 Å². The van der Waals surface area contributed by atoms with Crippen molar-refractivity contribution in [2.45, 2.75) is 51.9 Å². The Morgan fingerprint density at radius 2 is 1.83 bits per heavy atom. The van der Waals surface area contributed by atoms with Crippen molar-refractivity contribution >= 4 is 23.4 Å². The van der Waals surface area contributed by atoms with Gasteiger partial charge in [-0.25, -0.2) is 19.3 Å². The molecule has 1 fully saturated rings. The van der Waals surface area contributed by atoms with Crippen LogP contribution in [0.5, 0.6) is 0 Å². The van der Waals surface area contributed by atoms with Crippen LogP contribution < -0.4 is 5.32 Å². The van der Waals surface area contributed by atoms with Crippen LogP contribution in [0.4, 0.5) is 4.39 Å². The van der Waals surface area contributed by atoms with Crippen LogP contribution in [-0.2, 0) is 20.9 Å². The zero-order valence-corrected chi connectivity index (χ0v) is 24.5. The number of rotatable bonds is 10. The summed E-state index contributed by atoms with van der Waals surface area (Å²) in [5, 5.41) is 3.19. The number of carbonyl (C=O) groups excluding carboxylic acids is 2. The first-order valence-corrected chi connectivity index (χ1v) is 14.1. The second-order valence-electron chi connectivity index (χ2n) is 10.5. The van der Waals surface area contributed by atoms with Crippen LogP contribution in [0.15, 0.2) is 54.9 Å². The summed E-state index contributed by atoms with van der Waals surface area (Å²) >= 11 is 6.13. The third-order valence-corrected chi connectivity index (χ3v) is 7.41. The van der Waals surface area contributed by atoms with E-state index in [2.05, 4.69) is 20.3 Å². The summed E-state index contributed by atoms with van der Waals surface area (Å²) in [6, 6.07) is 10.5. The maximum atomic E-state index is 15.0. The Labute approximate surface area is 245 Å². The second kappa shape index (κ2) is 13.9. The van der Waals surface area contributed by atoms with Gasteiger partial charge in [0.05, 0.1) is 11.7 Å². The normalized spacial score (nSPS) is 18.4. The van der Waals surface area contributed by atoms with Crippen molar-refractivity contribution in [1.29, 1.82) is 0 Å². The molecule has 1 saturated heterocycles. The van der Waals surface area contributed by atoms with Crippen molar-refractivity contribution in [2.24, 2.45) is 5.92 Å². The van der Waals surface area contributed by atoms with E-state index in [0.717, 1.165) is 11.1 Å². The standard InChI is InChI=1S/C30H36ClFN6O3/c1-19(2)30(40)38-20(3)17-37(24(12-15-41-4)27-23(32)10-11-26(31)36-27)18-25(38)29(39)35-16-21-6-8-22(9-7-21)28-33-13-5-14-34-28/h5-11,13-14,19-20,24-25H,12,15-18H2,1-4H3,(H,35,39)/t20-,24-,25-/m1/s1. The number of hydrogen-bond donors (Lipinski definition) is 1. The quantitative estimate of drug-likeness (QED) is 0.356. The number of amides is 2. The zero-order chi connectivity index (χ0) is 29.5. The van der Waals surface area contributed by atoms with Crippen molar-refractivity contribution in [3.8, 4) is 11.4 Å². The topological polar surface area (TPSA) is 101 Å². The number of benzene rings is 1. The molecule has 1 aromatic carbocycles. The predicted octanol–water partition coefficient (Wildman–Crippen LogP) is 4.28. The van der Waals surface area contributed by atoms with E-state index in [4.69, 9.17) is 16.3 Å². The lowest BCUT2D eigenvalue weighted by molar-refractivity contribution is -0.151. The molecule has 0 radical (unpaired) electrons. The highest BCUT2D eigenvalue weighted by Crippen LogP contribution is 2.31. The summed E-state index contributed by atoms with van der Waals surface area (Å²) in [6.07, 6.45) is 3.81. The Bertz CT molecular complexity index is 1330. The Morgan fingerprint density at radius 3 is 2.49 bits per heavy atom. The van der Waals surface area contributed by atoms with Crippen LogP contribution >= 0.6 is 11.6 Å². The molecule has 0 saturated carbocycles. The molecule has 2 aromatic heterocycles. The molecule has 0 spiro atoms. The molecule has 3 heterocycles. The number of nitrogens with zero attached hydrogens (tertiary/aromatic N) is 5. The predicted molar refractivity (Wildman–Crippen MR) is 154 cm³/mol. The lowest BCUT2D eigenvalue weighted by Crippen LogP contribution is -2.65. The van der Waals surface area contributed by atoms with Gasteiger partial charge in [-0.2, -0.15) is 0 Å². The molecule has 11 heteroatoms. The zero-order valence-electron chi connectivity index (χ0n) is 23.8. The molecule has 0 unspecified atom stereocenters. The number of pyridine rings is 1. The minimum atomic E-state index is -0.780. The molecule has 3 aromatic rings. The Hall–Kier alpha value is -3.47. The van der Waals surface area contributed by atoms with Gasteiger partial charge >= 0.3 is 0 Å². The molecular formula is C30H36ClFN6O3. The third-order valence-electron chi connectivity index (χ3n) is 7.20. The average Bonchev–Trinajstić information content (AvgIpc) is 2.97. The maximum Gasteiger partial charge on any atom is 0.244 e. The van der Waals surface area contributed by atoms with E-state index < -0.39 is 17.9 Å². The van der Waals surface area contributed by atoms with E-state index in [9.17, 15) is 14.0 Å². The maximum absolute atomic E-state index is 15.0. The fourth-order valence-electron chi connectivity index (χ4n) is 5.17. The molecule has 1 aliphatic heterocycles. The molecular weight excluding hydrogens is 547 g/mol. The molecule has 41 heavy (non-hydrogen) atoms. The summed E-state index contributed by atoms with van der Waals surface area (Å²) in [5.74, 6) is -0.533. The SMILES string of the molecule is COCC[C@H](c1nc(Cl)ccc1F)N1C[C@@H](C)N(C(=O)C(C)C)[C@@H](C(=O)NCc2ccc(-c3ncccn3)cc2)C1. The average molecular weight is 583 g/mol. The van der Waals surface area contributed by atoms with E-state index in [1.54, 1.807) is 30.5 Å². The number of piperazine rings is 1. The van der Waals surface area contributed by atoms with Crippen molar-refractivity contribution < 1.29 is 18.7 Å². The van der Waals surface area contributed by atoms with Gasteiger partial charge in [0.25, 0.3) is 0 Å². The van der Waals surface area contributed by atoms with E-state index in [0.29, 0.717) is 25.4 Å². The first-order valence-electron chi connectivity index (χ1n) is 13.7. The summed E-state index contributed by atoms with van der Waals surface area (Å²) < 4.78 is 20.3. The van der Waals surface area contributed by atoms with Crippen molar-refractivity contribution in [1.82, 2.24) is 30.1 Å². The number of nitrogens with one attached hydrogen (secondary N) is 1. The molecule has 218 valence electrons. The third kappa shape index (κ3) is 7.44. The van der Waals surface area contributed by atoms with Crippen LogP contribution in [0.3, 0.4) is 0 Å². The van der Waals surface area contributed by atoms with Gasteiger partial charge in [-0.3, -0.25) is 14.5 Å². The lowest BCUT2D eigenvalue weighted by Gasteiger charge is -2.47. The van der Waals surface area contributed by atoms with E-state index in [1.165, 1.54) is 12.1 Å². The summed E-state index contributed by atoms with van der Waals surface area (Å²) in [4.78, 5) is 43.5. The van der Waals surface area contributed by atoms with E-state index in [1.807, 2.05) is 49.9 Å². The summed E-state index contributed by atoms with van der Waals surface area (Å²) in [7, 11) is 1.58. The van der Waals surface area contributed by atoms with Gasteiger partial charge in [-0.05, 0) is 37.1 Å². The van der Waals surface area contributed by atoms with Crippen molar-refractivity contribution in [3.63, 3.8) is 0 Å². The number of methoxy groups -OCH3 is 1. The van der Waals surface area contributed by atoms with Crippen LogP contribution in [0.1, 0.15) is 44.5 Å².